The molecule has 3 heterocycles. The fraction of sp³-hybridized carbons (Fsp3) is 0.500. The average Bonchev–Trinajstić information content (AvgIpc) is 3.10. The van der Waals surface area contributed by atoms with Gasteiger partial charge in [0.05, 0.1) is 17.7 Å². The number of carboxylic acid groups (broad SMARTS) is 1. The van der Waals surface area contributed by atoms with E-state index in [0.717, 1.165) is 16.9 Å². The minimum absolute atomic E-state index is 0.0406. The van der Waals surface area contributed by atoms with Crippen LogP contribution in [0.15, 0.2) is 16.8 Å². The Hall–Kier alpha value is -2.57. The summed E-state index contributed by atoms with van der Waals surface area (Å²) in [4.78, 5) is 26.3. The molecule has 1 fully saturated rings. The van der Waals surface area contributed by atoms with Gasteiger partial charge < -0.3 is 14.4 Å². The average molecular weight is 345 g/mol. The van der Waals surface area contributed by atoms with Crippen LogP contribution < -0.4 is 0 Å². The van der Waals surface area contributed by atoms with Gasteiger partial charge in [0.15, 0.2) is 0 Å². The standard InChI is InChI=1S/C18H23N3O4/c1-10-11(2)25-12(3)16(10)17(22)21-8-13(5-14(9-21)18(23)24)15-6-19-20(4)7-15/h6-7,13-14H,5,8-9H2,1-4H3,(H,23,24). The molecule has 1 N–H and O–H groups in total. The number of furan rings is 1. The summed E-state index contributed by atoms with van der Waals surface area (Å²) in [5.74, 6) is -0.362. The molecule has 1 aliphatic rings. The smallest absolute Gasteiger partial charge is 0.308 e. The molecule has 1 aliphatic heterocycles. The fourth-order valence-electron chi connectivity index (χ4n) is 3.60. The van der Waals surface area contributed by atoms with Crippen molar-refractivity contribution in [3.8, 4) is 0 Å². The van der Waals surface area contributed by atoms with Crippen LogP contribution in [-0.4, -0.2) is 44.8 Å². The number of carboxylic acids is 1. The lowest BCUT2D eigenvalue weighted by Crippen LogP contribution is -2.45. The minimum atomic E-state index is -0.872. The second-order valence-corrected chi connectivity index (χ2v) is 6.84. The Morgan fingerprint density at radius 3 is 2.48 bits per heavy atom. The number of rotatable bonds is 3. The maximum atomic E-state index is 13.1. The van der Waals surface area contributed by atoms with Gasteiger partial charge >= 0.3 is 5.97 Å². The molecule has 25 heavy (non-hydrogen) atoms. The van der Waals surface area contributed by atoms with Crippen molar-refractivity contribution in [2.24, 2.45) is 13.0 Å². The summed E-state index contributed by atoms with van der Waals surface area (Å²) >= 11 is 0. The van der Waals surface area contributed by atoms with Gasteiger partial charge in [0.1, 0.15) is 11.5 Å². The van der Waals surface area contributed by atoms with Gasteiger partial charge in [-0.15, -0.1) is 0 Å². The van der Waals surface area contributed by atoms with Gasteiger partial charge in [-0.3, -0.25) is 14.3 Å². The largest absolute Gasteiger partial charge is 0.481 e. The molecule has 0 saturated carbocycles. The molecule has 0 aromatic carbocycles. The van der Waals surface area contributed by atoms with Crippen LogP contribution in [0.3, 0.4) is 0 Å². The molecule has 7 nitrogen and oxygen atoms in total. The summed E-state index contributed by atoms with van der Waals surface area (Å²) < 4.78 is 7.26. The zero-order chi connectivity index (χ0) is 18.3. The van der Waals surface area contributed by atoms with Gasteiger partial charge in [-0.05, 0) is 32.8 Å². The van der Waals surface area contributed by atoms with Crippen LogP contribution in [0.25, 0.3) is 0 Å². The first-order valence-electron chi connectivity index (χ1n) is 8.35. The zero-order valence-corrected chi connectivity index (χ0v) is 14.9. The van der Waals surface area contributed by atoms with Crippen LogP contribution in [0.1, 0.15) is 45.3 Å². The van der Waals surface area contributed by atoms with Gasteiger partial charge in [-0.1, -0.05) is 0 Å². The molecular weight excluding hydrogens is 322 g/mol. The highest BCUT2D eigenvalue weighted by Gasteiger charge is 2.36. The first-order valence-corrected chi connectivity index (χ1v) is 8.35. The Morgan fingerprint density at radius 1 is 1.24 bits per heavy atom. The molecule has 1 saturated heterocycles. The normalized spacial score (nSPS) is 20.7. The van der Waals surface area contributed by atoms with Crippen LogP contribution in [0.2, 0.25) is 0 Å². The molecule has 2 aromatic rings. The number of piperidine rings is 1. The number of amides is 1. The van der Waals surface area contributed by atoms with Crippen molar-refractivity contribution in [3.63, 3.8) is 0 Å². The number of aromatic nitrogens is 2. The molecule has 0 radical (unpaired) electrons. The SMILES string of the molecule is Cc1oc(C)c(C(=O)N2CC(C(=O)O)CC(c3cnn(C)c3)C2)c1C. The molecule has 2 unspecified atom stereocenters. The van der Waals surface area contributed by atoms with Crippen molar-refractivity contribution in [3.05, 3.63) is 40.6 Å². The van der Waals surface area contributed by atoms with E-state index in [1.54, 1.807) is 22.7 Å². The number of carbonyl (C=O) groups excluding carboxylic acids is 1. The predicted octanol–water partition coefficient (Wildman–Crippen LogP) is 2.27. The van der Waals surface area contributed by atoms with E-state index in [4.69, 9.17) is 4.42 Å². The van der Waals surface area contributed by atoms with E-state index in [9.17, 15) is 14.7 Å². The zero-order valence-electron chi connectivity index (χ0n) is 14.9. The van der Waals surface area contributed by atoms with Gasteiger partial charge in [-0.25, -0.2) is 0 Å². The third-order valence-corrected chi connectivity index (χ3v) is 5.06. The van der Waals surface area contributed by atoms with Gasteiger partial charge in [-0.2, -0.15) is 5.10 Å². The summed E-state index contributed by atoms with van der Waals surface area (Å²) in [6.45, 7) is 6.15. The van der Waals surface area contributed by atoms with Gasteiger partial charge in [0, 0.05) is 37.8 Å². The molecule has 0 spiro atoms. The Labute approximate surface area is 146 Å². The number of hydrogen-bond donors (Lipinski definition) is 1. The summed E-state index contributed by atoms with van der Waals surface area (Å²) in [6, 6.07) is 0. The first kappa shape index (κ1) is 17.3. The summed E-state index contributed by atoms with van der Waals surface area (Å²) in [6.07, 6.45) is 4.14. The van der Waals surface area contributed by atoms with E-state index in [0.29, 0.717) is 24.3 Å². The molecule has 0 bridgehead atoms. The van der Waals surface area contributed by atoms with Crippen LogP contribution in [-0.2, 0) is 11.8 Å². The van der Waals surface area contributed by atoms with Crippen molar-refractivity contribution < 1.29 is 19.1 Å². The quantitative estimate of drug-likeness (QED) is 0.922. The predicted molar refractivity (Wildman–Crippen MR) is 90.5 cm³/mol. The maximum Gasteiger partial charge on any atom is 0.308 e. The summed E-state index contributed by atoms with van der Waals surface area (Å²) in [5, 5.41) is 13.7. The lowest BCUT2D eigenvalue weighted by atomic mass is 9.85. The lowest BCUT2D eigenvalue weighted by Gasteiger charge is -2.36. The van der Waals surface area contributed by atoms with E-state index in [1.165, 1.54) is 0 Å². The molecule has 1 amide bonds. The van der Waals surface area contributed by atoms with E-state index in [2.05, 4.69) is 5.10 Å². The van der Waals surface area contributed by atoms with E-state index >= 15 is 0 Å². The fourth-order valence-corrected chi connectivity index (χ4v) is 3.60. The molecule has 3 rings (SSSR count). The van der Waals surface area contributed by atoms with E-state index in [1.807, 2.05) is 27.1 Å². The van der Waals surface area contributed by atoms with Crippen molar-refractivity contribution in [1.82, 2.24) is 14.7 Å². The molecule has 2 aromatic heterocycles. The number of carbonyl (C=O) groups is 2. The van der Waals surface area contributed by atoms with Crippen LogP contribution in [0.5, 0.6) is 0 Å². The second kappa shape index (κ2) is 6.38. The van der Waals surface area contributed by atoms with Crippen molar-refractivity contribution >= 4 is 11.9 Å². The Kier molecular flexibility index (Phi) is 4.41. The maximum absolute atomic E-state index is 13.1. The Morgan fingerprint density at radius 2 is 1.96 bits per heavy atom. The van der Waals surface area contributed by atoms with E-state index < -0.39 is 11.9 Å². The number of aliphatic carboxylic acids is 1. The molecule has 0 aliphatic carbocycles. The molecule has 134 valence electrons. The van der Waals surface area contributed by atoms with Gasteiger partial charge in [0.2, 0.25) is 0 Å². The third kappa shape index (κ3) is 3.18. The van der Waals surface area contributed by atoms with Gasteiger partial charge in [0.25, 0.3) is 5.91 Å². The highest BCUT2D eigenvalue weighted by molar-refractivity contribution is 5.97. The third-order valence-electron chi connectivity index (χ3n) is 5.06. The van der Waals surface area contributed by atoms with Crippen molar-refractivity contribution in [1.29, 1.82) is 0 Å². The lowest BCUT2D eigenvalue weighted by molar-refractivity contribution is -0.143. The monoisotopic (exact) mass is 345 g/mol. The first-order chi connectivity index (χ1) is 11.8. The van der Waals surface area contributed by atoms with Crippen LogP contribution in [0.4, 0.5) is 0 Å². The highest BCUT2D eigenvalue weighted by atomic mass is 16.4. The number of likely N-dealkylation sites (tertiary alicyclic amines) is 1. The molecular formula is C18H23N3O4. The van der Waals surface area contributed by atoms with E-state index in [-0.39, 0.29) is 18.4 Å². The van der Waals surface area contributed by atoms with Crippen LogP contribution >= 0.6 is 0 Å². The number of hydrogen-bond acceptors (Lipinski definition) is 4. The van der Waals surface area contributed by atoms with Crippen molar-refractivity contribution in [2.75, 3.05) is 13.1 Å². The Balaban J connectivity index is 1.91. The Bertz CT molecular complexity index is 820. The topological polar surface area (TPSA) is 88.6 Å². The highest BCUT2D eigenvalue weighted by Crippen LogP contribution is 2.32. The summed E-state index contributed by atoms with van der Waals surface area (Å²) in [7, 11) is 1.82. The van der Waals surface area contributed by atoms with Crippen molar-refractivity contribution in [2.45, 2.75) is 33.1 Å². The minimum Gasteiger partial charge on any atom is -0.481 e. The van der Waals surface area contributed by atoms with Crippen LogP contribution in [0, 0.1) is 26.7 Å². The second-order valence-electron chi connectivity index (χ2n) is 6.84. The summed E-state index contributed by atoms with van der Waals surface area (Å²) in [5.41, 5.74) is 2.33. The molecule has 7 heteroatoms. The molecule has 2 atom stereocenters. The number of nitrogens with zero attached hydrogens (tertiary/aromatic N) is 3. The number of aryl methyl sites for hydroxylation is 3.